The number of likely N-dealkylation sites (N-methyl/N-ethyl adjacent to an activating group) is 1. The molecule has 1 amide bonds. The normalized spacial score (nSPS) is 23.9. The Morgan fingerprint density at radius 3 is 2.44 bits per heavy atom. The molecule has 0 unspecified atom stereocenters. The minimum absolute atomic E-state index is 0.0696. The van der Waals surface area contributed by atoms with E-state index >= 15 is 0 Å². The van der Waals surface area contributed by atoms with Gasteiger partial charge in [0, 0.05) is 51.2 Å². The number of methoxy groups -OCH3 is 1. The van der Waals surface area contributed by atoms with Gasteiger partial charge in [0.2, 0.25) is 6.29 Å². The number of hydrogen-bond acceptors (Lipinski definition) is 7. The van der Waals surface area contributed by atoms with Crippen LogP contribution in [0.15, 0.2) is 36.1 Å². The first-order chi connectivity index (χ1) is 15.5. The van der Waals surface area contributed by atoms with E-state index in [9.17, 15) is 14.7 Å². The van der Waals surface area contributed by atoms with Gasteiger partial charge in [-0.1, -0.05) is 12.1 Å². The number of carbonyl (C=O) groups is 2. The molecule has 1 N–H and O–H groups in total. The van der Waals surface area contributed by atoms with Crippen LogP contribution < -0.4 is 0 Å². The highest BCUT2D eigenvalue weighted by atomic mass is 16.7. The van der Waals surface area contributed by atoms with Crippen molar-refractivity contribution in [2.24, 2.45) is 5.92 Å². The molecule has 3 atom stereocenters. The molecule has 0 aliphatic carbocycles. The van der Waals surface area contributed by atoms with Crippen molar-refractivity contribution in [1.29, 1.82) is 0 Å². The van der Waals surface area contributed by atoms with Crippen molar-refractivity contribution in [3.05, 3.63) is 47.2 Å². The second-order valence-electron chi connectivity index (χ2n) is 8.24. The van der Waals surface area contributed by atoms with Crippen LogP contribution in [-0.4, -0.2) is 86.6 Å². The Hall–Kier alpha value is -2.42. The number of esters is 1. The topological polar surface area (TPSA) is 88.5 Å². The molecule has 0 aromatic heterocycles. The fraction of sp³-hybridized carbons (Fsp3) is 0.583. The summed E-state index contributed by atoms with van der Waals surface area (Å²) in [5.74, 6) is -0.441. The largest absolute Gasteiger partial charge is 0.465 e. The highest BCUT2D eigenvalue weighted by Gasteiger charge is 2.39. The lowest BCUT2D eigenvalue weighted by Gasteiger charge is -2.39. The fourth-order valence-corrected chi connectivity index (χ4v) is 4.26. The Morgan fingerprint density at radius 2 is 1.84 bits per heavy atom. The van der Waals surface area contributed by atoms with E-state index in [-0.39, 0.29) is 24.3 Å². The summed E-state index contributed by atoms with van der Waals surface area (Å²) in [6.45, 7) is 5.37. The lowest BCUT2D eigenvalue weighted by molar-refractivity contribution is -0.170. The second-order valence-corrected chi connectivity index (χ2v) is 8.24. The Bertz CT molecular complexity index is 801. The SMILES string of the molecule is CCO[C@H]1OC(C(=O)N2CCN(C)CC2)=C[C@@H](c2ccc(C(=O)OC)cc2)[C@@H]1CCCO. The van der Waals surface area contributed by atoms with E-state index in [0.29, 0.717) is 43.9 Å². The molecule has 1 aromatic rings. The van der Waals surface area contributed by atoms with Crippen LogP contribution in [-0.2, 0) is 19.0 Å². The zero-order valence-corrected chi connectivity index (χ0v) is 19.2. The first kappa shape index (κ1) is 24.2. The van der Waals surface area contributed by atoms with E-state index in [1.54, 1.807) is 12.1 Å². The van der Waals surface area contributed by atoms with Gasteiger partial charge in [-0.2, -0.15) is 0 Å². The fourth-order valence-electron chi connectivity index (χ4n) is 4.26. The molecule has 2 aliphatic rings. The Morgan fingerprint density at radius 1 is 1.16 bits per heavy atom. The number of aliphatic hydroxyl groups is 1. The Labute approximate surface area is 189 Å². The van der Waals surface area contributed by atoms with Gasteiger partial charge in [-0.3, -0.25) is 4.79 Å². The van der Waals surface area contributed by atoms with Gasteiger partial charge < -0.3 is 29.1 Å². The van der Waals surface area contributed by atoms with E-state index in [4.69, 9.17) is 14.2 Å². The van der Waals surface area contributed by atoms with Crippen LogP contribution in [0.5, 0.6) is 0 Å². The molecule has 2 heterocycles. The van der Waals surface area contributed by atoms with Crippen LogP contribution in [0.25, 0.3) is 0 Å². The first-order valence-electron chi connectivity index (χ1n) is 11.3. The molecule has 1 saturated heterocycles. The minimum Gasteiger partial charge on any atom is -0.465 e. The van der Waals surface area contributed by atoms with Gasteiger partial charge in [0.1, 0.15) is 0 Å². The molecule has 1 aromatic carbocycles. The molecule has 8 heteroatoms. The highest BCUT2D eigenvalue weighted by Crippen LogP contribution is 2.39. The van der Waals surface area contributed by atoms with Crippen molar-refractivity contribution in [2.45, 2.75) is 32.0 Å². The summed E-state index contributed by atoms with van der Waals surface area (Å²) in [5, 5.41) is 9.41. The summed E-state index contributed by atoms with van der Waals surface area (Å²) in [6, 6.07) is 7.22. The van der Waals surface area contributed by atoms with Gasteiger partial charge in [-0.15, -0.1) is 0 Å². The number of amides is 1. The molecule has 0 saturated carbocycles. The zero-order chi connectivity index (χ0) is 23.1. The number of nitrogens with zero attached hydrogens (tertiary/aromatic N) is 2. The third-order valence-electron chi connectivity index (χ3n) is 6.13. The maximum absolute atomic E-state index is 13.2. The summed E-state index contributed by atoms with van der Waals surface area (Å²) in [7, 11) is 3.40. The van der Waals surface area contributed by atoms with Crippen LogP contribution in [0.2, 0.25) is 0 Å². The predicted octanol–water partition coefficient (Wildman–Crippen LogP) is 2.00. The molecule has 32 heavy (non-hydrogen) atoms. The number of ether oxygens (including phenoxy) is 3. The van der Waals surface area contributed by atoms with E-state index < -0.39 is 12.3 Å². The predicted molar refractivity (Wildman–Crippen MR) is 119 cm³/mol. The van der Waals surface area contributed by atoms with Crippen molar-refractivity contribution in [3.8, 4) is 0 Å². The number of aliphatic hydroxyl groups excluding tert-OH is 1. The molecule has 0 radical (unpaired) electrons. The quantitative estimate of drug-likeness (QED) is 0.611. The number of rotatable bonds is 8. The van der Waals surface area contributed by atoms with Crippen LogP contribution in [0.4, 0.5) is 0 Å². The van der Waals surface area contributed by atoms with Crippen LogP contribution in [0.1, 0.15) is 41.6 Å². The molecule has 8 nitrogen and oxygen atoms in total. The molecule has 3 rings (SSSR count). The molecule has 0 bridgehead atoms. The zero-order valence-electron chi connectivity index (χ0n) is 19.2. The summed E-state index contributed by atoms with van der Waals surface area (Å²) in [4.78, 5) is 29.1. The molecule has 176 valence electrons. The average molecular weight is 447 g/mol. The van der Waals surface area contributed by atoms with Gasteiger partial charge >= 0.3 is 5.97 Å². The van der Waals surface area contributed by atoms with Gasteiger partial charge in [-0.25, -0.2) is 4.79 Å². The standard InChI is InChI=1S/C24H34N2O6/c1-4-31-24-19(6-5-15-27)20(17-7-9-18(10-8-17)23(29)30-3)16-21(32-24)22(28)26-13-11-25(2)12-14-26/h7-10,16,19-20,24,27H,4-6,11-15H2,1-3H3/t19-,20-,24-/m0/s1. The van der Waals surface area contributed by atoms with Gasteiger partial charge in [0.25, 0.3) is 5.91 Å². The molecule has 1 fully saturated rings. The van der Waals surface area contributed by atoms with E-state index in [1.165, 1.54) is 7.11 Å². The maximum atomic E-state index is 13.2. The van der Waals surface area contributed by atoms with Crippen molar-refractivity contribution in [2.75, 3.05) is 53.6 Å². The van der Waals surface area contributed by atoms with Crippen molar-refractivity contribution >= 4 is 11.9 Å². The van der Waals surface area contributed by atoms with E-state index in [1.807, 2.05) is 37.1 Å². The maximum Gasteiger partial charge on any atom is 0.337 e. The average Bonchev–Trinajstić information content (AvgIpc) is 2.82. The number of hydrogen-bond donors (Lipinski definition) is 1. The number of allylic oxidation sites excluding steroid dienone is 1. The molecular formula is C24H34N2O6. The summed E-state index contributed by atoms with van der Waals surface area (Å²) in [6.07, 6.45) is 2.57. The number of carbonyl (C=O) groups excluding carboxylic acids is 2. The number of benzene rings is 1. The minimum atomic E-state index is -0.590. The molecular weight excluding hydrogens is 412 g/mol. The van der Waals surface area contributed by atoms with Crippen molar-refractivity contribution in [1.82, 2.24) is 9.80 Å². The molecule has 0 spiro atoms. The summed E-state index contributed by atoms with van der Waals surface area (Å²) >= 11 is 0. The Kier molecular flexibility index (Phi) is 8.67. The van der Waals surface area contributed by atoms with E-state index in [2.05, 4.69) is 4.90 Å². The third-order valence-corrected chi connectivity index (χ3v) is 6.13. The second kappa shape index (κ2) is 11.4. The Balaban J connectivity index is 1.92. The lowest BCUT2D eigenvalue weighted by atomic mass is 9.80. The molecule has 2 aliphatic heterocycles. The summed E-state index contributed by atoms with van der Waals surface area (Å²) < 4.78 is 16.8. The number of piperazine rings is 1. The van der Waals surface area contributed by atoms with Gasteiger partial charge in [-0.05, 0) is 50.6 Å². The van der Waals surface area contributed by atoms with Crippen LogP contribution in [0.3, 0.4) is 0 Å². The summed E-state index contributed by atoms with van der Waals surface area (Å²) in [5.41, 5.74) is 1.42. The van der Waals surface area contributed by atoms with Crippen molar-refractivity contribution in [3.63, 3.8) is 0 Å². The first-order valence-corrected chi connectivity index (χ1v) is 11.3. The van der Waals surface area contributed by atoms with Gasteiger partial charge in [0.05, 0.1) is 12.7 Å². The third kappa shape index (κ3) is 5.68. The van der Waals surface area contributed by atoms with Crippen LogP contribution in [0, 0.1) is 5.92 Å². The van der Waals surface area contributed by atoms with E-state index in [0.717, 1.165) is 18.7 Å². The smallest absolute Gasteiger partial charge is 0.337 e. The highest BCUT2D eigenvalue weighted by molar-refractivity contribution is 5.92. The lowest BCUT2D eigenvalue weighted by Crippen LogP contribution is -2.49. The van der Waals surface area contributed by atoms with Crippen molar-refractivity contribution < 1.29 is 28.9 Å². The van der Waals surface area contributed by atoms with Gasteiger partial charge in [0.15, 0.2) is 5.76 Å². The van der Waals surface area contributed by atoms with Crippen LogP contribution >= 0.6 is 0 Å². The monoisotopic (exact) mass is 446 g/mol.